The highest BCUT2D eigenvalue weighted by Gasteiger charge is 2.15. The van der Waals surface area contributed by atoms with Crippen LogP contribution in [0.3, 0.4) is 0 Å². The second-order valence-corrected chi connectivity index (χ2v) is 4.66. The van der Waals surface area contributed by atoms with Gasteiger partial charge in [-0.3, -0.25) is 0 Å². The summed E-state index contributed by atoms with van der Waals surface area (Å²) in [5.41, 5.74) is 8.01. The van der Waals surface area contributed by atoms with Crippen LogP contribution in [0, 0.1) is 0 Å². The van der Waals surface area contributed by atoms with Crippen LogP contribution in [0.5, 0.6) is 0 Å². The van der Waals surface area contributed by atoms with Crippen molar-refractivity contribution in [1.29, 1.82) is 0 Å². The molecular weight excluding hydrogens is 198 g/mol. The zero-order chi connectivity index (χ0) is 11.4. The Balaban J connectivity index is 1.81. The van der Waals surface area contributed by atoms with Crippen molar-refractivity contribution in [3.8, 4) is 0 Å². The van der Waals surface area contributed by atoms with Crippen molar-refractivity contribution in [2.24, 2.45) is 0 Å². The van der Waals surface area contributed by atoms with Gasteiger partial charge in [-0.25, -0.2) is 0 Å². The number of hydrogen-bond acceptors (Lipinski definition) is 3. The molecule has 3 N–H and O–H groups in total. The molecule has 0 saturated carbocycles. The van der Waals surface area contributed by atoms with E-state index in [4.69, 9.17) is 5.73 Å². The molecule has 0 bridgehead atoms. The van der Waals surface area contributed by atoms with E-state index in [0.717, 1.165) is 12.2 Å². The van der Waals surface area contributed by atoms with Gasteiger partial charge in [0, 0.05) is 18.3 Å². The third-order valence-electron chi connectivity index (χ3n) is 3.35. The Bertz CT molecular complexity index is 330. The number of nitrogens with two attached hydrogens (primary N) is 1. The van der Waals surface area contributed by atoms with Gasteiger partial charge in [0.1, 0.15) is 0 Å². The molecule has 0 aliphatic carbocycles. The molecule has 0 amide bonds. The van der Waals surface area contributed by atoms with Crippen LogP contribution < -0.4 is 11.1 Å². The normalized spacial score (nSPS) is 18.8. The Morgan fingerprint density at radius 2 is 2.00 bits per heavy atom. The molecule has 1 aromatic rings. The number of anilines is 1. The summed E-state index contributed by atoms with van der Waals surface area (Å²) in [5, 5.41) is 3.59. The van der Waals surface area contributed by atoms with Crippen LogP contribution in [0.25, 0.3) is 0 Å². The second-order valence-electron chi connectivity index (χ2n) is 4.66. The minimum Gasteiger partial charge on any atom is -0.398 e. The second kappa shape index (κ2) is 5.32. The van der Waals surface area contributed by atoms with Gasteiger partial charge in [0.25, 0.3) is 0 Å². The molecule has 1 fully saturated rings. The van der Waals surface area contributed by atoms with Gasteiger partial charge in [-0.15, -0.1) is 0 Å². The minimum atomic E-state index is 0.649. The predicted molar refractivity (Wildman–Crippen MR) is 68.2 cm³/mol. The van der Waals surface area contributed by atoms with Crippen LogP contribution in [-0.4, -0.2) is 31.1 Å². The Morgan fingerprint density at radius 3 is 2.69 bits per heavy atom. The molecule has 0 atom stereocenters. The van der Waals surface area contributed by atoms with Crippen LogP contribution in [0.1, 0.15) is 18.4 Å². The number of rotatable bonds is 3. The molecule has 1 saturated heterocycles. The molecule has 1 aromatic carbocycles. The summed E-state index contributed by atoms with van der Waals surface area (Å²) in [6, 6.07) is 8.73. The lowest BCUT2D eigenvalue weighted by Crippen LogP contribution is -2.40. The molecule has 3 nitrogen and oxygen atoms in total. The van der Waals surface area contributed by atoms with Crippen molar-refractivity contribution >= 4 is 5.69 Å². The molecule has 16 heavy (non-hydrogen) atoms. The zero-order valence-corrected chi connectivity index (χ0v) is 9.95. The lowest BCUT2D eigenvalue weighted by atomic mass is 10.0. The van der Waals surface area contributed by atoms with Gasteiger partial charge in [-0.2, -0.15) is 0 Å². The molecular formula is C13H21N3. The summed E-state index contributed by atoms with van der Waals surface area (Å²) in [6.07, 6.45) is 2.48. The fourth-order valence-electron chi connectivity index (χ4n) is 2.16. The summed E-state index contributed by atoms with van der Waals surface area (Å²) in [6.45, 7) is 3.28. The molecule has 0 unspecified atom stereocenters. The van der Waals surface area contributed by atoms with Gasteiger partial charge in [0.05, 0.1) is 0 Å². The first-order valence-corrected chi connectivity index (χ1v) is 6.01. The van der Waals surface area contributed by atoms with Crippen molar-refractivity contribution in [1.82, 2.24) is 10.2 Å². The maximum atomic E-state index is 5.91. The highest BCUT2D eigenvalue weighted by Crippen LogP contribution is 2.13. The van der Waals surface area contributed by atoms with Crippen molar-refractivity contribution in [2.45, 2.75) is 25.4 Å². The molecule has 1 aliphatic heterocycles. The summed E-state index contributed by atoms with van der Waals surface area (Å²) >= 11 is 0. The highest BCUT2D eigenvalue weighted by atomic mass is 15.1. The lowest BCUT2D eigenvalue weighted by molar-refractivity contribution is 0.234. The lowest BCUT2D eigenvalue weighted by Gasteiger charge is -2.29. The summed E-state index contributed by atoms with van der Waals surface area (Å²) in [5.74, 6) is 0. The van der Waals surface area contributed by atoms with E-state index < -0.39 is 0 Å². The average Bonchev–Trinajstić information content (AvgIpc) is 2.30. The Morgan fingerprint density at radius 1 is 1.31 bits per heavy atom. The van der Waals surface area contributed by atoms with E-state index in [0.29, 0.717) is 6.04 Å². The molecule has 0 aromatic heterocycles. The van der Waals surface area contributed by atoms with Crippen molar-refractivity contribution in [3.05, 3.63) is 29.8 Å². The van der Waals surface area contributed by atoms with E-state index >= 15 is 0 Å². The SMILES string of the molecule is CN1CCC(NCc2ccccc2N)CC1. The molecule has 1 aliphatic rings. The van der Waals surface area contributed by atoms with Crippen molar-refractivity contribution in [3.63, 3.8) is 0 Å². The predicted octanol–water partition coefficient (Wildman–Crippen LogP) is 1.45. The van der Waals surface area contributed by atoms with E-state index in [2.05, 4.69) is 23.3 Å². The summed E-state index contributed by atoms with van der Waals surface area (Å²) < 4.78 is 0. The van der Waals surface area contributed by atoms with Crippen LogP contribution in [0.4, 0.5) is 5.69 Å². The van der Waals surface area contributed by atoms with Gasteiger partial charge in [-0.1, -0.05) is 18.2 Å². The Labute approximate surface area is 97.6 Å². The quantitative estimate of drug-likeness (QED) is 0.756. The van der Waals surface area contributed by atoms with Crippen molar-refractivity contribution in [2.75, 3.05) is 25.9 Å². The molecule has 1 heterocycles. The maximum Gasteiger partial charge on any atom is 0.0359 e. The summed E-state index contributed by atoms with van der Waals surface area (Å²) in [7, 11) is 2.19. The number of nitrogen functional groups attached to an aromatic ring is 1. The average molecular weight is 219 g/mol. The third-order valence-corrected chi connectivity index (χ3v) is 3.35. The first-order valence-electron chi connectivity index (χ1n) is 6.01. The number of nitrogens with one attached hydrogen (secondary N) is 1. The fourth-order valence-corrected chi connectivity index (χ4v) is 2.16. The summed E-state index contributed by atoms with van der Waals surface area (Å²) in [4.78, 5) is 2.38. The van der Waals surface area contributed by atoms with E-state index in [-0.39, 0.29) is 0 Å². The first-order chi connectivity index (χ1) is 7.75. The Hall–Kier alpha value is -1.06. The Kier molecular flexibility index (Phi) is 3.80. The highest BCUT2D eigenvalue weighted by molar-refractivity contribution is 5.46. The van der Waals surface area contributed by atoms with E-state index in [1.807, 2.05) is 18.2 Å². The fraction of sp³-hybridized carbons (Fsp3) is 0.538. The molecule has 2 rings (SSSR count). The molecule has 0 spiro atoms. The van der Waals surface area contributed by atoms with Gasteiger partial charge in [-0.05, 0) is 44.6 Å². The number of para-hydroxylation sites is 1. The van der Waals surface area contributed by atoms with E-state index in [1.54, 1.807) is 0 Å². The molecule has 0 radical (unpaired) electrons. The number of benzene rings is 1. The maximum absolute atomic E-state index is 5.91. The van der Waals surface area contributed by atoms with Gasteiger partial charge >= 0.3 is 0 Å². The van der Waals surface area contributed by atoms with Gasteiger partial charge in [0.2, 0.25) is 0 Å². The number of likely N-dealkylation sites (tertiary alicyclic amines) is 1. The van der Waals surface area contributed by atoms with Gasteiger partial charge < -0.3 is 16.0 Å². The van der Waals surface area contributed by atoms with Crippen LogP contribution >= 0.6 is 0 Å². The van der Waals surface area contributed by atoms with Crippen LogP contribution in [0.2, 0.25) is 0 Å². The van der Waals surface area contributed by atoms with E-state index in [1.165, 1.54) is 31.5 Å². The third kappa shape index (κ3) is 2.97. The number of hydrogen-bond donors (Lipinski definition) is 2. The smallest absolute Gasteiger partial charge is 0.0359 e. The van der Waals surface area contributed by atoms with Crippen LogP contribution in [0.15, 0.2) is 24.3 Å². The standard InChI is InChI=1S/C13H21N3/c1-16-8-6-12(7-9-16)15-10-11-4-2-3-5-13(11)14/h2-5,12,15H,6-10,14H2,1H3. The minimum absolute atomic E-state index is 0.649. The topological polar surface area (TPSA) is 41.3 Å². The number of piperidine rings is 1. The first kappa shape index (κ1) is 11.4. The monoisotopic (exact) mass is 219 g/mol. The number of nitrogens with zero attached hydrogens (tertiary/aromatic N) is 1. The zero-order valence-electron chi connectivity index (χ0n) is 9.95. The van der Waals surface area contributed by atoms with E-state index in [9.17, 15) is 0 Å². The molecule has 88 valence electrons. The molecule has 3 heteroatoms. The van der Waals surface area contributed by atoms with Gasteiger partial charge in [0.15, 0.2) is 0 Å². The van der Waals surface area contributed by atoms with Crippen LogP contribution in [-0.2, 0) is 6.54 Å². The van der Waals surface area contributed by atoms with Crippen molar-refractivity contribution < 1.29 is 0 Å². The largest absolute Gasteiger partial charge is 0.398 e.